The van der Waals surface area contributed by atoms with Crippen LogP contribution < -0.4 is 118 Å². The zero-order valence-corrected chi connectivity index (χ0v) is 61.9. The maximum absolute atomic E-state index is 8.64. The molecule has 9 nitrogen and oxygen atoms in total. The molecule has 89 heavy (non-hydrogen) atoms. The van der Waals surface area contributed by atoms with Gasteiger partial charge in [0.2, 0.25) is 0 Å². The molecule has 16 heteroatoms. The molecule has 12 rings (SSSR count). The van der Waals surface area contributed by atoms with Gasteiger partial charge in [-0.05, 0) is 182 Å². The minimum Gasteiger partial charge on any atom is -1.00 e. The van der Waals surface area contributed by atoms with Crippen LogP contribution in [0.4, 0.5) is 22.7 Å². The molecular weight excluding hydrogens is 1310 g/mol. The molecule has 0 saturated heterocycles. The van der Waals surface area contributed by atoms with Gasteiger partial charge in [0.05, 0.1) is 64.9 Å². The average molecular weight is 1370 g/mol. The maximum atomic E-state index is 8.64. The van der Waals surface area contributed by atoms with Crippen molar-refractivity contribution in [2.24, 2.45) is 0 Å². The Morgan fingerprint density at radius 3 is 1.38 bits per heavy atom. The number of fused-ring (bicyclic) bond motifs is 2. The summed E-state index contributed by atoms with van der Waals surface area (Å²) in [6, 6.07) is 75.0. The van der Waals surface area contributed by atoms with E-state index in [1.807, 2.05) is 66.7 Å². The number of para-hydroxylation sites is 6. The van der Waals surface area contributed by atoms with Crippen molar-refractivity contribution in [1.29, 1.82) is 0 Å². The zero-order chi connectivity index (χ0) is 61.6. The number of alkyl halides is 1. The fraction of sp³-hybridized carbons (Fsp3) is 0.137. The SMILES string of the molecule is BrCc1ccccc1.CCc1cc(Cl)c(Cl)c(N(Cc2ccccc2)c2ccc(-c3nc4ccccc4n3-c3c(C)cccc3C)cc2)c1.CCc1cc(Cl)c(Cl)c(Nc2ccc(-c3nc4ccccc4n3-c3c(C)cccc3C)cc2)c1.O=CO[O-].[H-].[K+].[K+]. The molecule has 442 valence electrons. The third kappa shape index (κ3) is 17.6. The summed E-state index contributed by atoms with van der Waals surface area (Å²) >= 11 is 29.6. The van der Waals surface area contributed by atoms with Crippen molar-refractivity contribution >= 4 is 114 Å². The van der Waals surface area contributed by atoms with E-state index in [0.717, 1.165) is 96.9 Å². The number of aromatic nitrogens is 4. The Morgan fingerprint density at radius 1 is 0.528 bits per heavy atom. The van der Waals surface area contributed by atoms with Crippen molar-refractivity contribution in [3.05, 3.63) is 283 Å². The number of anilines is 4. The van der Waals surface area contributed by atoms with Crippen LogP contribution in [0.3, 0.4) is 0 Å². The van der Waals surface area contributed by atoms with E-state index in [1.54, 1.807) is 0 Å². The monoisotopic (exact) mass is 1370 g/mol. The Labute approximate surface area is 636 Å². The van der Waals surface area contributed by atoms with E-state index in [9.17, 15) is 0 Å². The number of halogens is 5. The Balaban J connectivity index is 0.000000237. The first-order chi connectivity index (χ1) is 42.2. The number of hydrogen-bond acceptors (Lipinski definition) is 7. The fourth-order valence-corrected chi connectivity index (χ4v) is 11.7. The van der Waals surface area contributed by atoms with Gasteiger partial charge in [0.1, 0.15) is 11.6 Å². The fourth-order valence-electron chi connectivity index (χ4n) is 10.5. The van der Waals surface area contributed by atoms with E-state index in [2.05, 4.69) is 233 Å². The first-order valence-corrected chi connectivity index (χ1v) is 31.0. The van der Waals surface area contributed by atoms with Gasteiger partial charge in [-0.25, -0.2) is 9.97 Å². The van der Waals surface area contributed by atoms with Gasteiger partial charge < -0.3 is 21.8 Å². The average Bonchev–Trinajstić information content (AvgIpc) is 1.73. The van der Waals surface area contributed by atoms with Gasteiger partial charge in [-0.3, -0.25) is 13.9 Å². The van der Waals surface area contributed by atoms with Crippen LogP contribution in [0.25, 0.3) is 56.2 Å². The van der Waals surface area contributed by atoms with Crippen LogP contribution in [0.5, 0.6) is 0 Å². The molecule has 0 aliphatic rings. The zero-order valence-electron chi connectivity index (χ0n) is 52.0. The molecule has 0 atom stereocenters. The number of aryl methyl sites for hydroxylation is 6. The molecule has 10 aromatic carbocycles. The van der Waals surface area contributed by atoms with Crippen LogP contribution in [-0.4, -0.2) is 25.6 Å². The van der Waals surface area contributed by atoms with Crippen molar-refractivity contribution in [3.8, 4) is 34.2 Å². The van der Waals surface area contributed by atoms with Crippen LogP contribution >= 0.6 is 62.3 Å². The van der Waals surface area contributed by atoms with E-state index in [0.29, 0.717) is 26.6 Å². The second kappa shape index (κ2) is 34.7. The van der Waals surface area contributed by atoms with Gasteiger partial charge in [0.25, 0.3) is 6.47 Å². The van der Waals surface area contributed by atoms with E-state index in [1.165, 1.54) is 44.8 Å². The van der Waals surface area contributed by atoms with Crippen molar-refractivity contribution in [2.75, 3.05) is 10.2 Å². The van der Waals surface area contributed by atoms with Gasteiger partial charge in [-0.15, -0.1) is 0 Å². The quantitative estimate of drug-likeness (QED) is 0.0381. The number of imidazole rings is 2. The molecule has 0 bridgehead atoms. The van der Waals surface area contributed by atoms with Crippen molar-refractivity contribution < 1.29 is 119 Å². The Morgan fingerprint density at radius 2 is 0.944 bits per heavy atom. The molecule has 0 saturated carbocycles. The first kappa shape index (κ1) is 71.5. The largest absolute Gasteiger partial charge is 1.00 e. The molecule has 0 aliphatic carbocycles. The van der Waals surface area contributed by atoms with Gasteiger partial charge in [-0.2, -0.15) is 0 Å². The van der Waals surface area contributed by atoms with Gasteiger partial charge in [-0.1, -0.05) is 198 Å². The molecule has 2 heterocycles. The summed E-state index contributed by atoms with van der Waals surface area (Å²) in [5, 5.41) is 15.0. The molecule has 2 aromatic heterocycles. The topological polar surface area (TPSA) is 100 Å². The summed E-state index contributed by atoms with van der Waals surface area (Å²) in [6.45, 7) is 13.3. The number of carbonyl (C=O) groups is 1. The van der Waals surface area contributed by atoms with Crippen LogP contribution in [0.15, 0.2) is 218 Å². The summed E-state index contributed by atoms with van der Waals surface area (Å²) < 4.78 is 4.56. The van der Waals surface area contributed by atoms with E-state index < -0.39 is 0 Å². The number of nitrogens with zero attached hydrogens (tertiary/aromatic N) is 5. The van der Waals surface area contributed by atoms with Crippen LogP contribution in [0.1, 0.15) is 59.8 Å². The van der Waals surface area contributed by atoms with Crippen LogP contribution in [0, 0.1) is 27.7 Å². The Kier molecular flexibility index (Phi) is 27.9. The molecule has 0 unspecified atom stereocenters. The summed E-state index contributed by atoms with van der Waals surface area (Å²) in [4.78, 5) is 23.6. The second-order valence-electron chi connectivity index (χ2n) is 20.7. The van der Waals surface area contributed by atoms with Gasteiger partial charge in [0.15, 0.2) is 0 Å². The third-order valence-electron chi connectivity index (χ3n) is 14.8. The minimum absolute atomic E-state index is 0. The summed E-state index contributed by atoms with van der Waals surface area (Å²) in [6.07, 6.45) is 1.76. The van der Waals surface area contributed by atoms with Crippen molar-refractivity contribution in [2.45, 2.75) is 66.3 Å². The smallest absolute Gasteiger partial charge is 1.00 e. The van der Waals surface area contributed by atoms with Gasteiger partial charge >= 0.3 is 103 Å². The molecule has 0 amide bonds. The third-order valence-corrected chi connectivity index (χ3v) is 17.0. The number of carbonyl (C=O) groups excluding carboxylic acids is 1. The molecule has 12 aromatic rings. The Bertz CT molecular complexity index is 4270. The summed E-state index contributed by atoms with van der Waals surface area (Å²) in [5.41, 5.74) is 21.8. The number of rotatable bonds is 14. The van der Waals surface area contributed by atoms with Crippen LogP contribution in [-0.2, 0) is 34.4 Å². The van der Waals surface area contributed by atoms with Crippen molar-refractivity contribution in [1.82, 2.24) is 19.1 Å². The van der Waals surface area contributed by atoms with E-state index >= 15 is 0 Å². The van der Waals surface area contributed by atoms with Crippen molar-refractivity contribution in [3.63, 3.8) is 0 Å². The number of hydrogen-bond donors (Lipinski definition) is 1. The first-order valence-electron chi connectivity index (χ1n) is 28.4. The minimum atomic E-state index is -0.181. The molecular formula is C73H65BrCl4K2N6O3. The molecule has 0 fully saturated rings. The number of nitrogens with one attached hydrogen (secondary N) is 1. The molecule has 0 radical (unpaired) electrons. The summed E-state index contributed by atoms with van der Waals surface area (Å²) in [7, 11) is 0. The number of benzene rings is 10. The molecule has 0 spiro atoms. The Hall–Kier alpha value is -4.92. The molecule has 1 N–H and O–H groups in total. The predicted octanol–water partition coefficient (Wildman–Crippen LogP) is 14.6. The maximum Gasteiger partial charge on any atom is 1.00 e. The summed E-state index contributed by atoms with van der Waals surface area (Å²) in [5.74, 6) is 1.83. The molecule has 0 aliphatic heterocycles. The van der Waals surface area contributed by atoms with Gasteiger partial charge in [0, 0.05) is 34.4 Å². The predicted molar refractivity (Wildman–Crippen MR) is 367 cm³/mol. The van der Waals surface area contributed by atoms with E-state index in [4.69, 9.17) is 66.4 Å². The van der Waals surface area contributed by atoms with Crippen LogP contribution in [0.2, 0.25) is 20.1 Å². The second-order valence-corrected chi connectivity index (χ2v) is 22.8. The standard InChI is InChI=1S/C36H31Cl2N3.C29H25Cl2N3.C7H7Br.CH2O3.2K.H/c1-4-26-21-30(37)34(38)33(22-26)40(23-27-13-6-5-7-14-27)29-19-17-28(18-20-29)36-39-31-15-8-9-16-32(31)41(36)35-24(2)11-10-12-25(35)3;1-4-20-16-23(30)27(31)25(17-20)32-22-14-12-21(13-15-22)29-33-24-10-5-6-11-26(24)34(29)28-18(2)8-7-9-19(28)3;8-6-7-4-2-1-3-5-7;2-1-4-3;;;/h5-22H,4,23H2,1-3H3;5-17,32H,4H2,1-3H3;1-5H,6H2;1,3H;;;/q;;;;2*+1;-1/p-1. The van der Waals surface area contributed by atoms with E-state index in [-0.39, 0.29) is 111 Å². The normalized spacial score (nSPS) is 10.5.